The summed E-state index contributed by atoms with van der Waals surface area (Å²) in [4.78, 5) is 19.1. The zero-order valence-corrected chi connectivity index (χ0v) is 16.6. The van der Waals surface area contributed by atoms with Crippen LogP contribution >= 0.6 is 11.8 Å². The molecule has 28 heavy (non-hydrogen) atoms. The van der Waals surface area contributed by atoms with Crippen LogP contribution in [0.15, 0.2) is 35.4 Å². The van der Waals surface area contributed by atoms with Crippen molar-refractivity contribution in [2.45, 2.75) is 56.0 Å². The summed E-state index contributed by atoms with van der Waals surface area (Å²) in [6.07, 6.45) is 4.12. The van der Waals surface area contributed by atoms with Crippen molar-refractivity contribution in [3.8, 4) is 0 Å². The quantitative estimate of drug-likeness (QED) is 0.420. The molecule has 1 saturated heterocycles. The monoisotopic (exact) mass is 410 g/mol. The van der Waals surface area contributed by atoms with E-state index >= 15 is 0 Å². The Morgan fingerprint density at radius 1 is 1.07 bits per heavy atom. The lowest BCUT2D eigenvalue weighted by molar-refractivity contribution is -0.137. The average molecular weight is 411 g/mol. The Morgan fingerprint density at radius 2 is 1.86 bits per heavy atom. The molecule has 0 N–H and O–H groups in total. The van der Waals surface area contributed by atoms with Crippen LogP contribution in [-0.2, 0) is 11.0 Å². The Morgan fingerprint density at radius 3 is 2.61 bits per heavy atom. The van der Waals surface area contributed by atoms with Crippen LogP contribution in [0.3, 0.4) is 0 Å². The van der Waals surface area contributed by atoms with Gasteiger partial charge in [-0.1, -0.05) is 12.5 Å². The predicted molar refractivity (Wildman–Crippen MR) is 106 cm³/mol. The van der Waals surface area contributed by atoms with Crippen molar-refractivity contribution in [1.29, 1.82) is 0 Å². The maximum Gasteiger partial charge on any atom is 0.416 e. The lowest BCUT2D eigenvalue weighted by atomic mass is 10.1. The van der Waals surface area contributed by atoms with Gasteiger partial charge >= 0.3 is 6.18 Å². The van der Waals surface area contributed by atoms with Gasteiger partial charge in [0.25, 0.3) is 0 Å². The van der Waals surface area contributed by atoms with Crippen LogP contribution in [0.1, 0.15) is 50.5 Å². The van der Waals surface area contributed by atoms with Crippen LogP contribution in [0.4, 0.5) is 13.2 Å². The molecule has 3 rings (SSSR count). The van der Waals surface area contributed by atoms with Crippen molar-refractivity contribution in [2.24, 2.45) is 0 Å². The predicted octanol–water partition coefficient (Wildman–Crippen LogP) is 5.92. The third kappa shape index (κ3) is 5.63. The van der Waals surface area contributed by atoms with Gasteiger partial charge < -0.3 is 4.90 Å². The van der Waals surface area contributed by atoms with Crippen LogP contribution in [0.25, 0.3) is 10.9 Å². The van der Waals surface area contributed by atoms with Crippen molar-refractivity contribution in [3.05, 3.63) is 36.0 Å². The summed E-state index contributed by atoms with van der Waals surface area (Å²) >= 11 is 1.63. The molecule has 0 spiro atoms. The summed E-state index contributed by atoms with van der Waals surface area (Å²) in [7, 11) is 0. The summed E-state index contributed by atoms with van der Waals surface area (Å²) in [6.45, 7) is 1.81. The highest BCUT2D eigenvalue weighted by molar-refractivity contribution is 7.99. The minimum Gasteiger partial charge on any atom is -0.343 e. The number of fused-ring (bicyclic) bond motifs is 1. The fraction of sp³-hybridized carbons (Fsp3) is 0.524. The molecule has 3 nitrogen and oxygen atoms in total. The van der Waals surface area contributed by atoms with E-state index in [9.17, 15) is 18.0 Å². The number of nitrogens with zero attached hydrogens (tertiary/aromatic N) is 2. The van der Waals surface area contributed by atoms with Crippen molar-refractivity contribution >= 4 is 28.6 Å². The highest BCUT2D eigenvalue weighted by Gasteiger charge is 2.30. The molecule has 0 bridgehead atoms. The summed E-state index contributed by atoms with van der Waals surface area (Å²) in [6, 6.07) is 5.57. The first-order valence-electron chi connectivity index (χ1n) is 9.82. The van der Waals surface area contributed by atoms with Crippen molar-refractivity contribution in [2.75, 3.05) is 18.8 Å². The molecule has 152 valence electrons. The fourth-order valence-corrected chi connectivity index (χ4v) is 4.52. The van der Waals surface area contributed by atoms with Gasteiger partial charge in [-0.3, -0.25) is 9.78 Å². The number of hydrogen-bond donors (Lipinski definition) is 0. The second-order valence-electron chi connectivity index (χ2n) is 7.14. The highest BCUT2D eigenvalue weighted by Crippen LogP contribution is 2.34. The molecule has 1 aromatic carbocycles. The molecule has 0 aliphatic carbocycles. The van der Waals surface area contributed by atoms with Crippen molar-refractivity contribution in [1.82, 2.24) is 9.88 Å². The lowest BCUT2D eigenvalue weighted by Gasteiger charge is -2.26. The molecule has 0 saturated carbocycles. The van der Waals surface area contributed by atoms with E-state index in [1.807, 2.05) is 11.0 Å². The molecule has 0 atom stereocenters. The Hall–Kier alpha value is -1.76. The van der Waals surface area contributed by atoms with Crippen LogP contribution in [0, 0.1) is 0 Å². The van der Waals surface area contributed by atoms with E-state index in [-0.39, 0.29) is 5.91 Å². The number of halogens is 3. The van der Waals surface area contributed by atoms with E-state index < -0.39 is 11.7 Å². The van der Waals surface area contributed by atoms with Crippen LogP contribution in [-0.4, -0.2) is 34.6 Å². The maximum absolute atomic E-state index is 12.9. The van der Waals surface area contributed by atoms with E-state index in [1.165, 1.54) is 12.5 Å². The van der Waals surface area contributed by atoms with Gasteiger partial charge in [-0.2, -0.15) is 13.2 Å². The van der Waals surface area contributed by atoms with Crippen LogP contribution in [0.2, 0.25) is 0 Å². The number of hydrogen-bond acceptors (Lipinski definition) is 3. The molecular weight excluding hydrogens is 385 g/mol. The molecule has 2 heterocycles. The second-order valence-corrected chi connectivity index (χ2v) is 8.28. The van der Waals surface area contributed by atoms with Gasteiger partial charge in [-0.15, -0.1) is 11.8 Å². The van der Waals surface area contributed by atoms with Crippen LogP contribution in [0.5, 0.6) is 0 Å². The molecule has 0 radical (unpaired) electrons. The second kappa shape index (κ2) is 9.63. The van der Waals surface area contributed by atoms with E-state index in [0.29, 0.717) is 11.9 Å². The zero-order chi connectivity index (χ0) is 20.0. The van der Waals surface area contributed by atoms with E-state index in [4.69, 9.17) is 0 Å². The Labute approximate surface area is 167 Å². The SMILES string of the molecule is O=C(CCCCCSc1ccnc2cc(C(F)(F)F)ccc12)N1CCCCC1. The smallest absolute Gasteiger partial charge is 0.343 e. The summed E-state index contributed by atoms with van der Waals surface area (Å²) < 4.78 is 38.6. The first kappa shape index (κ1) is 21.0. The molecular formula is C21H25F3N2OS. The number of piperidine rings is 1. The molecule has 1 fully saturated rings. The minimum atomic E-state index is -4.36. The molecule has 2 aromatic rings. The Balaban J connectivity index is 1.44. The normalized spacial score (nSPS) is 15.2. The fourth-order valence-electron chi connectivity index (χ4n) is 3.46. The Kier molecular flexibility index (Phi) is 7.21. The maximum atomic E-state index is 12.9. The van der Waals surface area contributed by atoms with E-state index in [0.717, 1.165) is 73.4 Å². The number of amides is 1. The number of thioether (sulfide) groups is 1. The number of alkyl halides is 3. The number of benzene rings is 1. The third-order valence-corrected chi connectivity index (χ3v) is 6.19. The summed E-state index contributed by atoms with van der Waals surface area (Å²) in [5, 5.41) is 0.751. The standard InChI is InChI=1S/C21H25F3N2OS/c22-21(23,24)16-8-9-17-18(15-16)25-11-10-19(17)28-14-6-1-3-7-20(27)26-12-4-2-5-13-26/h8-11,15H,1-7,12-14H2. The molecule has 1 aliphatic rings. The molecule has 7 heteroatoms. The number of pyridine rings is 1. The molecule has 1 aromatic heterocycles. The number of likely N-dealkylation sites (tertiary alicyclic amines) is 1. The van der Waals surface area contributed by atoms with Gasteiger partial charge in [-0.05, 0) is 56.1 Å². The number of carbonyl (C=O) groups excluding carboxylic acids is 1. The minimum absolute atomic E-state index is 0.271. The van der Waals surface area contributed by atoms with Crippen LogP contribution < -0.4 is 0 Å². The van der Waals surface area contributed by atoms with Gasteiger partial charge in [0.1, 0.15) is 0 Å². The van der Waals surface area contributed by atoms with Crippen molar-refractivity contribution in [3.63, 3.8) is 0 Å². The van der Waals surface area contributed by atoms with Gasteiger partial charge in [-0.25, -0.2) is 0 Å². The number of unbranched alkanes of at least 4 members (excludes halogenated alkanes) is 2. The van der Waals surface area contributed by atoms with E-state index in [2.05, 4.69) is 4.98 Å². The molecule has 1 aliphatic heterocycles. The zero-order valence-electron chi connectivity index (χ0n) is 15.8. The largest absolute Gasteiger partial charge is 0.416 e. The number of aromatic nitrogens is 1. The average Bonchev–Trinajstić information content (AvgIpc) is 2.70. The van der Waals surface area contributed by atoms with E-state index in [1.54, 1.807) is 18.0 Å². The molecule has 1 amide bonds. The summed E-state index contributed by atoms with van der Waals surface area (Å²) in [5.41, 5.74) is -0.306. The topological polar surface area (TPSA) is 33.2 Å². The first-order valence-corrected chi connectivity index (χ1v) is 10.8. The highest BCUT2D eigenvalue weighted by atomic mass is 32.2. The van der Waals surface area contributed by atoms with Gasteiger partial charge in [0.15, 0.2) is 0 Å². The number of carbonyl (C=O) groups is 1. The third-order valence-electron chi connectivity index (χ3n) is 5.03. The van der Waals surface area contributed by atoms with Gasteiger partial charge in [0, 0.05) is 36.0 Å². The van der Waals surface area contributed by atoms with Gasteiger partial charge in [0.05, 0.1) is 11.1 Å². The van der Waals surface area contributed by atoms with Gasteiger partial charge in [0.2, 0.25) is 5.91 Å². The van der Waals surface area contributed by atoms with Crippen molar-refractivity contribution < 1.29 is 18.0 Å². The summed E-state index contributed by atoms with van der Waals surface area (Å²) in [5.74, 6) is 1.14. The molecule has 0 unspecified atom stereocenters. The Bertz CT molecular complexity index is 804. The first-order chi connectivity index (χ1) is 13.4. The lowest BCUT2D eigenvalue weighted by Crippen LogP contribution is -2.35. The number of rotatable bonds is 7.